The summed E-state index contributed by atoms with van der Waals surface area (Å²) in [7, 11) is 0. The number of amides is 1. The molecular formula is C19H16N4O5S. The summed E-state index contributed by atoms with van der Waals surface area (Å²) in [5.74, 6) is 0.197. The molecule has 9 nitrogen and oxygen atoms in total. The fourth-order valence-electron chi connectivity index (χ4n) is 2.22. The van der Waals surface area contributed by atoms with Gasteiger partial charge in [0.1, 0.15) is 16.8 Å². The van der Waals surface area contributed by atoms with Gasteiger partial charge in [-0.25, -0.2) is 4.79 Å². The molecule has 2 aromatic heterocycles. The van der Waals surface area contributed by atoms with Gasteiger partial charge in [0.15, 0.2) is 12.7 Å². The lowest BCUT2D eigenvalue weighted by Gasteiger charge is -2.13. The maximum absolute atomic E-state index is 12.3. The Balaban J connectivity index is 1.53. The highest BCUT2D eigenvalue weighted by Crippen LogP contribution is 2.22. The Hall–Kier alpha value is -3.71. The summed E-state index contributed by atoms with van der Waals surface area (Å²) in [6.45, 7) is 3.27. The molecule has 0 aliphatic heterocycles. The molecule has 1 atom stereocenters. The zero-order valence-electron chi connectivity index (χ0n) is 15.5. The van der Waals surface area contributed by atoms with E-state index in [2.05, 4.69) is 15.5 Å². The Morgan fingerprint density at radius 1 is 1.31 bits per heavy atom. The lowest BCUT2D eigenvalue weighted by atomic mass is 10.2. The van der Waals surface area contributed by atoms with Crippen molar-refractivity contribution in [3.8, 4) is 11.8 Å². The van der Waals surface area contributed by atoms with Crippen LogP contribution in [0.2, 0.25) is 0 Å². The van der Waals surface area contributed by atoms with Gasteiger partial charge in [-0.2, -0.15) is 10.2 Å². The average molecular weight is 412 g/mol. The zero-order chi connectivity index (χ0) is 20.8. The van der Waals surface area contributed by atoms with E-state index in [1.54, 1.807) is 30.5 Å². The van der Waals surface area contributed by atoms with Gasteiger partial charge < -0.3 is 19.3 Å². The summed E-state index contributed by atoms with van der Waals surface area (Å²) >= 11 is 1.22. The van der Waals surface area contributed by atoms with Crippen molar-refractivity contribution in [3.63, 3.8) is 0 Å². The molecule has 0 fully saturated rings. The lowest BCUT2D eigenvalue weighted by molar-refractivity contribution is -0.123. The van der Waals surface area contributed by atoms with Gasteiger partial charge in [0.25, 0.3) is 5.91 Å². The fraction of sp³-hybridized carbons (Fsp3) is 0.211. The van der Waals surface area contributed by atoms with Crippen LogP contribution in [0.5, 0.6) is 5.75 Å². The Labute approximate surface area is 169 Å². The molecule has 0 radical (unpaired) electrons. The molecule has 10 heteroatoms. The molecule has 0 saturated carbocycles. The van der Waals surface area contributed by atoms with Crippen molar-refractivity contribution in [2.45, 2.75) is 26.6 Å². The summed E-state index contributed by atoms with van der Waals surface area (Å²) in [5, 5.41) is 17.4. The number of ether oxygens (including phenoxy) is 2. The van der Waals surface area contributed by atoms with E-state index in [4.69, 9.17) is 19.3 Å². The van der Waals surface area contributed by atoms with Crippen LogP contribution < -0.4 is 10.1 Å². The van der Waals surface area contributed by atoms with E-state index in [0.717, 1.165) is 0 Å². The molecule has 0 aliphatic rings. The van der Waals surface area contributed by atoms with E-state index in [1.165, 1.54) is 30.4 Å². The number of carbonyl (C=O) groups is 2. The van der Waals surface area contributed by atoms with Crippen LogP contribution in [0.15, 0.2) is 40.2 Å². The quantitative estimate of drug-likeness (QED) is 0.587. The third-order valence-corrected chi connectivity index (χ3v) is 4.53. The molecule has 0 spiro atoms. The first-order chi connectivity index (χ1) is 14.0. The normalized spacial score (nSPS) is 11.3. The maximum atomic E-state index is 12.3. The van der Waals surface area contributed by atoms with E-state index in [9.17, 15) is 9.59 Å². The van der Waals surface area contributed by atoms with Gasteiger partial charge in [0.2, 0.25) is 11.7 Å². The van der Waals surface area contributed by atoms with Crippen molar-refractivity contribution < 1.29 is 23.6 Å². The smallest absolute Gasteiger partial charge is 0.338 e. The summed E-state index contributed by atoms with van der Waals surface area (Å²) in [5.41, 5.74) is 0.620. The van der Waals surface area contributed by atoms with Gasteiger partial charge >= 0.3 is 5.97 Å². The number of esters is 1. The van der Waals surface area contributed by atoms with Crippen molar-refractivity contribution in [3.05, 3.63) is 58.6 Å². The highest BCUT2D eigenvalue weighted by atomic mass is 32.1. The fourth-order valence-corrected chi connectivity index (χ4v) is 2.97. The number of benzene rings is 1. The first kappa shape index (κ1) is 20.0. The van der Waals surface area contributed by atoms with Crippen LogP contribution >= 0.6 is 11.3 Å². The molecule has 148 valence electrons. The Morgan fingerprint density at radius 3 is 2.72 bits per heavy atom. The van der Waals surface area contributed by atoms with Gasteiger partial charge in [-0.15, -0.1) is 11.3 Å². The molecule has 1 N–H and O–H groups in total. The molecule has 1 unspecified atom stereocenters. The molecule has 0 saturated heterocycles. The van der Waals surface area contributed by atoms with Crippen LogP contribution in [-0.2, 0) is 16.1 Å². The van der Waals surface area contributed by atoms with Crippen LogP contribution in [0, 0.1) is 18.3 Å². The van der Waals surface area contributed by atoms with Gasteiger partial charge in [-0.05, 0) is 42.6 Å². The molecule has 3 rings (SSSR count). The number of nitriles is 1. The predicted molar refractivity (Wildman–Crippen MR) is 102 cm³/mol. The molecule has 29 heavy (non-hydrogen) atoms. The van der Waals surface area contributed by atoms with Gasteiger partial charge in [0, 0.05) is 6.92 Å². The molecule has 3 aromatic rings. The van der Waals surface area contributed by atoms with E-state index < -0.39 is 18.0 Å². The van der Waals surface area contributed by atoms with Gasteiger partial charge in [-0.3, -0.25) is 4.79 Å². The lowest BCUT2D eigenvalue weighted by Crippen LogP contribution is -2.29. The first-order valence-electron chi connectivity index (χ1n) is 8.47. The van der Waals surface area contributed by atoms with E-state index in [0.29, 0.717) is 28.0 Å². The Morgan fingerprint density at radius 2 is 2.07 bits per heavy atom. The van der Waals surface area contributed by atoms with Crippen molar-refractivity contribution in [2.24, 2.45) is 0 Å². The molecular weight excluding hydrogens is 396 g/mol. The second kappa shape index (κ2) is 8.99. The summed E-state index contributed by atoms with van der Waals surface area (Å²) < 4.78 is 15.6. The van der Waals surface area contributed by atoms with E-state index in [1.807, 2.05) is 6.07 Å². The van der Waals surface area contributed by atoms with E-state index in [-0.39, 0.29) is 12.2 Å². The number of thiophene rings is 1. The Kier molecular flexibility index (Phi) is 6.21. The predicted octanol–water partition coefficient (Wildman–Crippen LogP) is 3.07. The zero-order valence-corrected chi connectivity index (χ0v) is 16.4. The number of carbonyl (C=O) groups excluding carboxylic acids is 2. The third-order valence-electron chi connectivity index (χ3n) is 3.70. The standard InChI is InChI=1S/C19H16N4O5S/c1-11(17(24)22-18-14(9-20)7-8-29-18)27-19(25)13-3-5-15(6-4-13)26-10-16-21-12(2)28-23-16/h3-8,11H,10H2,1-2H3,(H,22,24). The maximum Gasteiger partial charge on any atom is 0.338 e. The average Bonchev–Trinajstić information content (AvgIpc) is 3.34. The number of nitrogens with zero attached hydrogens (tertiary/aromatic N) is 3. The summed E-state index contributed by atoms with van der Waals surface area (Å²) in [6.07, 6.45) is -1.03. The van der Waals surface area contributed by atoms with Crippen molar-refractivity contribution in [1.29, 1.82) is 5.26 Å². The van der Waals surface area contributed by atoms with Crippen LogP contribution in [0.3, 0.4) is 0 Å². The topological polar surface area (TPSA) is 127 Å². The minimum atomic E-state index is -1.03. The number of hydrogen-bond acceptors (Lipinski definition) is 9. The van der Waals surface area contributed by atoms with Crippen LogP contribution in [0.4, 0.5) is 5.00 Å². The molecule has 0 aliphatic carbocycles. The first-order valence-corrected chi connectivity index (χ1v) is 9.35. The number of rotatable bonds is 7. The second-order valence-electron chi connectivity index (χ2n) is 5.85. The van der Waals surface area contributed by atoms with Crippen molar-refractivity contribution in [1.82, 2.24) is 10.1 Å². The Bertz CT molecular complexity index is 1050. The van der Waals surface area contributed by atoms with Crippen molar-refractivity contribution >= 4 is 28.2 Å². The van der Waals surface area contributed by atoms with Crippen molar-refractivity contribution in [2.75, 3.05) is 5.32 Å². The highest BCUT2D eigenvalue weighted by molar-refractivity contribution is 7.14. The monoisotopic (exact) mass is 412 g/mol. The molecule has 1 amide bonds. The van der Waals surface area contributed by atoms with Crippen LogP contribution in [-0.4, -0.2) is 28.1 Å². The van der Waals surface area contributed by atoms with E-state index >= 15 is 0 Å². The molecule has 0 bridgehead atoms. The molecule has 1 aromatic carbocycles. The van der Waals surface area contributed by atoms with Gasteiger partial charge in [0.05, 0.1) is 11.1 Å². The second-order valence-corrected chi connectivity index (χ2v) is 6.77. The minimum absolute atomic E-state index is 0.131. The minimum Gasteiger partial charge on any atom is -0.485 e. The highest BCUT2D eigenvalue weighted by Gasteiger charge is 2.20. The number of aryl methyl sites for hydroxylation is 1. The SMILES string of the molecule is Cc1nc(COc2ccc(C(=O)OC(C)C(=O)Nc3sccc3C#N)cc2)no1. The van der Waals surface area contributed by atoms with Gasteiger partial charge in [-0.1, -0.05) is 5.16 Å². The number of aromatic nitrogens is 2. The number of nitrogens with one attached hydrogen (secondary N) is 1. The summed E-state index contributed by atoms with van der Waals surface area (Å²) in [6, 6.07) is 9.82. The largest absolute Gasteiger partial charge is 0.485 e. The number of anilines is 1. The summed E-state index contributed by atoms with van der Waals surface area (Å²) in [4.78, 5) is 28.5. The van der Waals surface area contributed by atoms with Crippen LogP contribution in [0.1, 0.15) is 34.6 Å². The molecule has 2 heterocycles. The third kappa shape index (κ3) is 5.18. The van der Waals surface area contributed by atoms with Crippen LogP contribution in [0.25, 0.3) is 0 Å². The number of hydrogen-bond donors (Lipinski definition) is 1.